The second kappa shape index (κ2) is 10.5. The van der Waals surface area contributed by atoms with E-state index in [1.54, 1.807) is 0 Å². The van der Waals surface area contributed by atoms with Crippen LogP contribution in [0, 0.1) is 0 Å². The van der Waals surface area contributed by atoms with Crippen molar-refractivity contribution in [2.45, 2.75) is 49.2 Å². The number of phosphoric acid groups is 1. The van der Waals surface area contributed by atoms with Gasteiger partial charge >= 0.3 is 18.1 Å². The summed E-state index contributed by atoms with van der Waals surface area (Å²) >= 11 is 0. The second-order valence-electron chi connectivity index (χ2n) is 9.86. The Balaban J connectivity index is 1.17. The summed E-state index contributed by atoms with van der Waals surface area (Å²) in [5, 5.41) is 0. The first kappa shape index (κ1) is 29.2. The fourth-order valence-electron chi connectivity index (χ4n) is 5.20. The van der Waals surface area contributed by atoms with E-state index in [1.807, 2.05) is 4.72 Å². The maximum atomic E-state index is 15.8. The number of hydrogen-bond acceptors (Lipinski definition) is 15. The van der Waals surface area contributed by atoms with Gasteiger partial charge in [-0.05, 0) is 0 Å². The SMILES string of the molecule is Nc1ncnc2c1ncn2[C@@H]1O[C@@H]2CNS(=O)(=O)O[C@H]3[C@@H](F)[C@H](n4cnc5c(=O)[nH]cnc54)O[C@@H]3COP(=O)(O)O[C@H]2[C@H]1F. The van der Waals surface area contributed by atoms with Gasteiger partial charge in [-0.1, -0.05) is 0 Å². The van der Waals surface area contributed by atoms with E-state index in [4.69, 9.17) is 28.4 Å². The first-order valence-electron chi connectivity index (χ1n) is 12.7. The van der Waals surface area contributed by atoms with Crippen LogP contribution in [-0.2, 0) is 37.6 Å². The van der Waals surface area contributed by atoms with Gasteiger partial charge in [0.25, 0.3) is 5.56 Å². The standard InChI is InChI=1S/C20H21F2N10O10PS/c21-9-13-7(39-19(9)31-5-28-11-15(23)24-3-25-16(11)31)1-30-44(36,37)42-14-8(2-38-43(34,35)41-13)40-20(10(14)22)32-6-29-12-17(32)26-4-27-18(12)33/h3-10,13-14,19-20,30H,1-2H2,(H,34,35)(H2,23,24,25)(H,26,27,33)/t7-,8-,9-,10-,13-,14-,19-,20-/m1/s1. The minimum Gasteiger partial charge on any atom is -0.382 e. The highest BCUT2D eigenvalue weighted by Gasteiger charge is 2.54. The van der Waals surface area contributed by atoms with Gasteiger partial charge in [0.2, 0.25) is 0 Å². The van der Waals surface area contributed by atoms with Crippen LogP contribution in [0.2, 0.25) is 0 Å². The smallest absolute Gasteiger partial charge is 0.382 e. The summed E-state index contributed by atoms with van der Waals surface area (Å²) in [6.45, 7) is -1.68. The second-order valence-corrected chi connectivity index (χ2v) is 12.7. The van der Waals surface area contributed by atoms with Gasteiger partial charge in [-0.2, -0.15) is 13.1 Å². The number of aromatic nitrogens is 8. The van der Waals surface area contributed by atoms with Gasteiger partial charge in [0.15, 0.2) is 47.4 Å². The average molecular weight is 662 g/mol. The highest BCUT2D eigenvalue weighted by Crippen LogP contribution is 2.50. The van der Waals surface area contributed by atoms with Crippen molar-refractivity contribution in [3.05, 3.63) is 35.7 Å². The first-order valence-corrected chi connectivity index (χ1v) is 15.6. The number of H-pyrrole nitrogens is 1. The van der Waals surface area contributed by atoms with E-state index in [0.717, 1.165) is 34.4 Å². The minimum absolute atomic E-state index is 0.00427. The number of fused-ring (bicyclic) bond motifs is 4. The molecule has 236 valence electrons. The summed E-state index contributed by atoms with van der Waals surface area (Å²) in [5.74, 6) is -0.00427. The van der Waals surface area contributed by atoms with Gasteiger partial charge in [-0.15, -0.1) is 0 Å². The molecule has 3 aliphatic rings. The van der Waals surface area contributed by atoms with Crippen LogP contribution in [-0.4, -0.2) is 102 Å². The number of nitrogens with one attached hydrogen (secondary N) is 2. The molecule has 3 aliphatic heterocycles. The molecule has 44 heavy (non-hydrogen) atoms. The molecule has 7 heterocycles. The maximum Gasteiger partial charge on any atom is 0.472 e. The topological polar surface area (TPSA) is 263 Å². The van der Waals surface area contributed by atoms with Crippen LogP contribution in [0.5, 0.6) is 0 Å². The van der Waals surface area contributed by atoms with Crippen LogP contribution in [0.15, 0.2) is 30.1 Å². The van der Waals surface area contributed by atoms with Crippen LogP contribution in [0.25, 0.3) is 22.3 Å². The largest absolute Gasteiger partial charge is 0.472 e. The van der Waals surface area contributed by atoms with Gasteiger partial charge in [0.1, 0.15) is 36.3 Å². The lowest BCUT2D eigenvalue weighted by Crippen LogP contribution is -2.45. The maximum absolute atomic E-state index is 15.8. The third-order valence-electron chi connectivity index (χ3n) is 7.19. The van der Waals surface area contributed by atoms with E-state index in [9.17, 15) is 22.7 Å². The van der Waals surface area contributed by atoms with Gasteiger partial charge < -0.3 is 25.1 Å². The molecule has 0 amide bonds. The predicted octanol–water partition coefficient (Wildman–Crippen LogP) is -1.25. The van der Waals surface area contributed by atoms with Gasteiger partial charge in [-0.25, -0.2) is 42.4 Å². The van der Waals surface area contributed by atoms with Crippen LogP contribution >= 0.6 is 7.82 Å². The van der Waals surface area contributed by atoms with Crippen molar-refractivity contribution in [2.24, 2.45) is 0 Å². The van der Waals surface area contributed by atoms with E-state index in [-0.39, 0.29) is 28.1 Å². The molecule has 3 saturated heterocycles. The quantitative estimate of drug-likeness (QED) is 0.183. The van der Waals surface area contributed by atoms with E-state index in [0.29, 0.717) is 0 Å². The summed E-state index contributed by atoms with van der Waals surface area (Å²) in [4.78, 5) is 44.5. The summed E-state index contributed by atoms with van der Waals surface area (Å²) in [6.07, 6.45) is -10.3. The molecular weight excluding hydrogens is 641 g/mol. The molecule has 3 fully saturated rings. The van der Waals surface area contributed by atoms with Crippen molar-refractivity contribution in [3.63, 3.8) is 0 Å². The lowest BCUT2D eigenvalue weighted by molar-refractivity contribution is -0.0496. The van der Waals surface area contributed by atoms with Crippen molar-refractivity contribution in [2.75, 3.05) is 18.9 Å². The number of nitrogens with zero attached hydrogens (tertiary/aromatic N) is 7. The van der Waals surface area contributed by atoms with Crippen LogP contribution < -0.4 is 16.0 Å². The number of aromatic amines is 1. The van der Waals surface area contributed by atoms with Crippen molar-refractivity contribution < 1.29 is 49.4 Å². The van der Waals surface area contributed by atoms with Gasteiger partial charge in [-0.3, -0.25) is 23.0 Å². The van der Waals surface area contributed by atoms with Crippen molar-refractivity contribution >= 4 is 46.3 Å². The monoisotopic (exact) mass is 662 g/mol. The molecule has 4 aromatic rings. The fourth-order valence-corrected chi connectivity index (χ4v) is 7.11. The van der Waals surface area contributed by atoms with Crippen molar-refractivity contribution in [1.29, 1.82) is 0 Å². The number of alkyl halides is 2. The molecule has 20 nitrogen and oxygen atoms in total. The number of rotatable bonds is 2. The molecule has 0 saturated carbocycles. The van der Waals surface area contributed by atoms with Gasteiger partial charge in [0, 0.05) is 6.54 Å². The molecule has 1 unspecified atom stereocenters. The van der Waals surface area contributed by atoms with Crippen molar-refractivity contribution in [3.8, 4) is 0 Å². The minimum atomic E-state index is -5.13. The number of imidazole rings is 2. The molecule has 5 N–H and O–H groups in total. The third-order valence-corrected chi connectivity index (χ3v) is 9.17. The number of nitrogens with two attached hydrogens (primary N) is 1. The normalized spacial score (nSPS) is 36.1. The summed E-state index contributed by atoms with van der Waals surface area (Å²) < 4.78 is 101. The fraction of sp³-hybridized carbons (Fsp3) is 0.500. The first-order chi connectivity index (χ1) is 20.9. The molecule has 0 spiro atoms. The number of nitrogen functional groups attached to an aromatic ring is 1. The van der Waals surface area contributed by atoms with Crippen LogP contribution in [0.4, 0.5) is 14.6 Å². The lowest BCUT2D eigenvalue weighted by Gasteiger charge is -2.26. The van der Waals surface area contributed by atoms with E-state index < -0.39 is 86.1 Å². The van der Waals surface area contributed by atoms with Crippen LogP contribution in [0.3, 0.4) is 0 Å². The molecular formula is C20H21F2N10O10PS. The Morgan fingerprint density at radius 3 is 2.39 bits per heavy atom. The number of hydrogen-bond donors (Lipinski definition) is 4. The predicted molar refractivity (Wildman–Crippen MR) is 138 cm³/mol. The Morgan fingerprint density at radius 2 is 1.64 bits per heavy atom. The molecule has 24 heteroatoms. The van der Waals surface area contributed by atoms with Crippen LogP contribution in [0.1, 0.15) is 12.5 Å². The Kier molecular flexibility index (Phi) is 6.98. The Bertz CT molecular complexity index is 1960. The molecule has 0 aliphatic carbocycles. The highest BCUT2D eigenvalue weighted by atomic mass is 32.2. The number of phosphoric ester groups is 1. The number of ether oxygens (including phenoxy) is 2. The third kappa shape index (κ3) is 4.95. The van der Waals surface area contributed by atoms with E-state index in [2.05, 4.69) is 29.9 Å². The summed E-state index contributed by atoms with van der Waals surface area (Å²) in [6, 6.07) is 0. The molecule has 0 bridgehead atoms. The lowest BCUT2D eigenvalue weighted by atomic mass is 10.1. The molecule has 0 aromatic carbocycles. The van der Waals surface area contributed by atoms with E-state index >= 15 is 8.78 Å². The average Bonchev–Trinajstić information content (AvgIpc) is 3.73. The number of halogens is 2. The summed E-state index contributed by atoms with van der Waals surface area (Å²) in [5.41, 5.74) is 5.10. The summed E-state index contributed by atoms with van der Waals surface area (Å²) in [7, 11) is -9.94. The van der Waals surface area contributed by atoms with Crippen molar-refractivity contribution in [1.82, 2.24) is 43.8 Å². The molecule has 7 rings (SSSR count). The number of anilines is 1. The highest BCUT2D eigenvalue weighted by molar-refractivity contribution is 7.84. The van der Waals surface area contributed by atoms with Gasteiger partial charge in [0.05, 0.1) is 25.6 Å². The Labute approximate surface area is 243 Å². The zero-order chi connectivity index (χ0) is 31.0. The van der Waals surface area contributed by atoms with E-state index in [1.165, 1.54) is 0 Å². The molecule has 0 radical (unpaired) electrons. The molecule has 4 aromatic heterocycles. The zero-order valence-corrected chi connectivity index (χ0v) is 23.5. The molecule has 9 atom stereocenters. The zero-order valence-electron chi connectivity index (χ0n) is 21.8. The Hall–Kier alpha value is -3.54. The Morgan fingerprint density at radius 1 is 0.977 bits per heavy atom.